The van der Waals surface area contributed by atoms with Crippen molar-refractivity contribution in [2.75, 3.05) is 13.7 Å². The maximum absolute atomic E-state index is 11.4. The number of carbonyl (C=O) groups is 1. The van der Waals surface area contributed by atoms with Gasteiger partial charge in [0, 0.05) is 25.0 Å². The number of esters is 1. The number of ether oxygens (including phenoxy) is 1. The van der Waals surface area contributed by atoms with E-state index in [0.29, 0.717) is 19.0 Å². The zero-order valence-corrected chi connectivity index (χ0v) is 8.69. The number of aliphatic hydroxyl groups is 1. The predicted octanol–water partition coefficient (Wildman–Crippen LogP) is 0.147. The molecule has 4 heteroatoms. The van der Waals surface area contributed by atoms with Gasteiger partial charge in [0.1, 0.15) is 0 Å². The van der Waals surface area contributed by atoms with Gasteiger partial charge < -0.3 is 9.84 Å². The fourth-order valence-corrected chi connectivity index (χ4v) is 2.36. The standard InChI is InChI=1S/C10H17NO3/c1-7-5-10(13,9(12)14-2)6-11(7)8-3-4-8/h7-8,13H,3-6H2,1-2H3. The maximum atomic E-state index is 11.4. The minimum atomic E-state index is -1.27. The van der Waals surface area contributed by atoms with Crippen LogP contribution < -0.4 is 0 Å². The van der Waals surface area contributed by atoms with Crippen LogP contribution in [0.5, 0.6) is 0 Å². The molecule has 0 spiro atoms. The number of methoxy groups -OCH3 is 1. The van der Waals surface area contributed by atoms with Crippen molar-refractivity contribution in [1.82, 2.24) is 4.90 Å². The number of carbonyl (C=O) groups excluding carboxylic acids is 1. The Balaban J connectivity index is 2.06. The van der Waals surface area contributed by atoms with Crippen LogP contribution in [0.1, 0.15) is 26.2 Å². The number of likely N-dealkylation sites (tertiary alicyclic amines) is 1. The van der Waals surface area contributed by atoms with Gasteiger partial charge in [-0.3, -0.25) is 4.90 Å². The highest BCUT2D eigenvalue weighted by Gasteiger charge is 2.50. The Labute approximate surface area is 83.8 Å². The molecule has 2 atom stereocenters. The zero-order valence-electron chi connectivity index (χ0n) is 8.69. The first-order valence-electron chi connectivity index (χ1n) is 5.13. The Morgan fingerprint density at radius 3 is 2.71 bits per heavy atom. The molecule has 1 N–H and O–H groups in total. The molecule has 14 heavy (non-hydrogen) atoms. The van der Waals surface area contributed by atoms with E-state index in [1.165, 1.54) is 20.0 Å². The van der Waals surface area contributed by atoms with Crippen LogP contribution >= 0.6 is 0 Å². The topological polar surface area (TPSA) is 49.8 Å². The Morgan fingerprint density at radius 1 is 1.57 bits per heavy atom. The van der Waals surface area contributed by atoms with E-state index >= 15 is 0 Å². The minimum Gasteiger partial charge on any atom is -0.467 e. The SMILES string of the molecule is COC(=O)C1(O)CC(C)N(C2CC2)C1. The number of hydrogen-bond acceptors (Lipinski definition) is 4. The van der Waals surface area contributed by atoms with E-state index in [-0.39, 0.29) is 6.04 Å². The second-order valence-corrected chi connectivity index (χ2v) is 4.48. The third-order valence-corrected chi connectivity index (χ3v) is 3.22. The van der Waals surface area contributed by atoms with E-state index in [2.05, 4.69) is 16.6 Å². The van der Waals surface area contributed by atoms with Crippen molar-refractivity contribution in [3.63, 3.8) is 0 Å². The molecule has 1 heterocycles. The fraction of sp³-hybridized carbons (Fsp3) is 0.900. The van der Waals surface area contributed by atoms with E-state index in [1.807, 2.05) is 0 Å². The second-order valence-electron chi connectivity index (χ2n) is 4.48. The molecule has 0 aromatic carbocycles. The lowest BCUT2D eigenvalue weighted by atomic mass is 10.0. The summed E-state index contributed by atoms with van der Waals surface area (Å²) in [7, 11) is 1.32. The van der Waals surface area contributed by atoms with E-state index < -0.39 is 11.6 Å². The second kappa shape index (κ2) is 3.21. The number of rotatable bonds is 2. The van der Waals surface area contributed by atoms with Crippen LogP contribution in [-0.4, -0.2) is 47.3 Å². The largest absolute Gasteiger partial charge is 0.467 e. The highest BCUT2D eigenvalue weighted by atomic mass is 16.5. The third-order valence-electron chi connectivity index (χ3n) is 3.22. The minimum absolute atomic E-state index is 0.284. The summed E-state index contributed by atoms with van der Waals surface area (Å²) in [4.78, 5) is 13.6. The molecule has 1 aliphatic heterocycles. The normalized spacial score (nSPS) is 38.6. The first-order chi connectivity index (χ1) is 6.57. The van der Waals surface area contributed by atoms with Crippen LogP contribution in [0.2, 0.25) is 0 Å². The first-order valence-corrected chi connectivity index (χ1v) is 5.13. The quantitative estimate of drug-likeness (QED) is 0.643. The average Bonchev–Trinajstić information content (AvgIpc) is 2.92. The average molecular weight is 199 g/mol. The van der Waals surface area contributed by atoms with Gasteiger partial charge in [-0.25, -0.2) is 4.79 Å². The highest BCUT2D eigenvalue weighted by Crippen LogP contribution is 2.37. The molecular weight excluding hydrogens is 182 g/mol. The number of β-amino-alcohol motifs (C(OH)–C–C–N with tert-alkyl or cyclic N) is 1. The van der Waals surface area contributed by atoms with Crippen LogP contribution in [0.3, 0.4) is 0 Å². The highest BCUT2D eigenvalue weighted by molar-refractivity contribution is 5.80. The molecule has 0 aromatic heterocycles. The molecule has 0 aromatic rings. The molecule has 1 saturated heterocycles. The van der Waals surface area contributed by atoms with Crippen LogP contribution in [0.25, 0.3) is 0 Å². The summed E-state index contributed by atoms with van der Waals surface area (Å²) < 4.78 is 4.62. The Morgan fingerprint density at radius 2 is 2.21 bits per heavy atom. The Kier molecular flexibility index (Phi) is 2.27. The molecule has 0 radical (unpaired) electrons. The predicted molar refractivity (Wildman–Crippen MR) is 50.8 cm³/mol. The van der Waals surface area contributed by atoms with Crippen LogP contribution in [0.15, 0.2) is 0 Å². The third kappa shape index (κ3) is 1.53. The molecule has 2 unspecified atom stereocenters. The van der Waals surface area contributed by atoms with Gasteiger partial charge in [-0.15, -0.1) is 0 Å². The number of nitrogens with zero attached hydrogens (tertiary/aromatic N) is 1. The summed E-state index contributed by atoms with van der Waals surface area (Å²) in [6.45, 7) is 2.49. The van der Waals surface area contributed by atoms with Gasteiger partial charge in [0.25, 0.3) is 0 Å². The van der Waals surface area contributed by atoms with Gasteiger partial charge in [-0.2, -0.15) is 0 Å². The fourth-order valence-electron chi connectivity index (χ4n) is 2.36. The summed E-state index contributed by atoms with van der Waals surface area (Å²) in [5.74, 6) is -0.493. The molecule has 0 amide bonds. The van der Waals surface area contributed by atoms with Crippen LogP contribution in [0, 0.1) is 0 Å². The van der Waals surface area contributed by atoms with Crippen molar-refractivity contribution in [1.29, 1.82) is 0 Å². The monoisotopic (exact) mass is 199 g/mol. The molecule has 2 aliphatic rings. The molecule has 80 valence electrons. The van der Waals surface area contributed by atoms with Crippen molar-refractivity contribution in [2.45, 2.75) is 43.9 Å². The van der Waals surface area contributed by atoms with Gasteiger partial charge in [-0.1, -0.05) is 0 Å². The summed E-state index contributed by atoms with van der Waals surface area (Å²) in [5.41, 5.74) is -1.27. The Hall–Kier alpha value is -0.610. The molecule has 0 bridgehead atoms. The molecule has 2 rings (SSSR count). The van der Waals surface area contributed by atoms with Crippen LogP contribution in [0.4, 0.5) is 0 Å². The molecule has 1 saturated carbocycles. The van der Waals surface area contributed by atoms with Gasteiger partial charge in [0.15, 0.2) is 5.60 Å². The van der Waals surface area contributed by atoms with E-state index in [0.717, 1.165) is 0 Å². The van der Waals surface area contributed by atoms with Crippen molar-refractivity contribution in [2.24, 2.45) is 0 Å². The summed E-state index contributed by atoms with van der Waals surface area (Å²) in [6, 6.07) is 0.871. The molecule has 2 fully saturated rings. The summed E-state index contributed by atoms with van der Waals surface area (Å²) in [5, 5.41) is 10.1. The lowest BCUT2D eigenvalue weighted by Gasteiger charge is -2.21. The molecular formula is C10H17NO3. The maximum Gasteiger partial charge on any atom is 0.339 e. The Bertz CT molecular complexity index is 252. The van der Waals surface area contributed by atoms with Gasteiger partial charge in [0.05, 0.1) is 7.11 Å². The first kappa shape index (κ1) is 9.93. The summed E-state index contributed by atoms with van der Waals surface area (Å²) in [6.07, 6.45) is 2.89. The molecule has 4 nitrogen and oxygen atoms in total. The smallest absolute Gasteiger partial charge is 0.339 e. The van der Waals surface area contributed by atoms with E-state index in [4.69, 9.17) is 0 Å². The van der Waals surface area contributed by atoms with Gasteiger partial charge >= 0.3 is 5.97 Å². The zero-order chi connectivity index (χ0) is 10.3. The van der Waals surface area contributed by atoms with Crippen molar-refractivity contribution in [3.05, 3.63) is 0 Å². The van der Waals surface area contributed by atoms with E-state index in [1.54, 1.807) is 0 Å². The molecule has 1 aliphatic carbocycles. The van der Waals surface area contributed by atoms with Crippen LogP contribution in [-0.2, 0) is 9.53 Å². The van der Waals surface area contributed by atoms with Crippen molar-refractivity contribution < 1.29 is 14.6 Å². The lowest BCUT2D eigenvalue weighted by molar-refractivity contribution is -0.160. The lowest BCUT2D eigenvalue weighted by Crippen LogP contribution is -2.42. The van der Waals surface area contributed by atoms with Gasteiger partial charge in [-0.05, 0) is 19.8 Å². The number of hydrogen-bond donors (Lipinski definition) is 1. The van der Waals surface area contributed by atoms with Gasteiger partial charge in [0.2, 0.25) is 0 Å². The van der Waals surface area contributed by atoms with E-state index in [9.17, 15) is 9.90 Å². The van der Waals surface area contributed by atoms with Crippen molar-refractivity contribution >= 4 is 5.97 Å². The summed E-state index contributed by atoms with van der Waals surface area (Å²) >= 11 is 0. The van der Waals surface area contributed by atoms with Crippen molar-refractivity contribution in [3.8, 4) is 0 Å².